The van der Waals surface area contributed by atoms with Crippen LogP contribution in [0, 0.1) is 0 Å². The molecule has 0 bridgehead atoms. The first-order valence-electron chi connectivity index (χ1n) is 8.29. The molecule has 2 aromatic rings. The minimum atomic E-state index is -0.685. The first kappa shape index (κ1) is 16.8. The third-order valence-corrected chi connectivity index (χ3v) is 4.09. The van der Waals surface area contributed by atoms with E-state index in [0.29, 0.717) is 19.5 Å². The number of benzene rings is 1. The van der Waals surface area contributed by atoms with Crippen molar-refractivity contribution in [3.05, 3.63) is 42.1 Å². The molecule has 1 atom stereocenters. The fraction of sp³-hybridized carbons (Fsp3) is 0.389. The number of hydrogen-bond acceptors (Lipinski definition) is 5. The first-order chi connectivity index (χ1) is 11.7. The van der Waals surface area contributed by atoms with Gasteiger partial charge in [0.05, 0.1) is 19.4 Å². The van der Waals surface area contributed by atoms with Gasteiger partial charge in [-0.2, -0.15) is 0 Å². The molecule has 0 amide bonds. The molecule has 1 aliphatic rings. The van der Waals surface area contributed by atoms with Crippen LogP contribution in [0.2, 0.25) is 6.32 Å². The monoisotopic (exact) mass is 327 g/mol. The Morgan fingerprint density at radius 1 is 1.29 bits per heavy atom. The smallest absolute Gasteiger partial charge is 0.454 e. The molecule has 1 aliphatic heterocycles. The highest BCUT2D eigenvalue weighted by molar-refractivity contribution is 6.43. The van der Waals surface area contributed by atoms with Crippen LogP contribution in [0.4, 0.5) is 0 Å². The quantitative estimate of drug-likeness (QED) is 0.826. The van der Waals surface area contributed by atoms with Crippen LogP contribution < -0.4 is 9.47 Å². The minimum Gasteiger partial charge on any atom is -0.493 e. The summed E-state index contributed by atoms with van der Waals surface area (Å²) in [6, 6.07) is 11.8. The fourth-order valence-corrected chi connectivity index (χ4v) is 2.81. The van der Waals surface area contributed by atoms with Crippen molar-refractivity contribution in [2.75, 3.05) is 20.3 Å². The Kier molecular flexibility index (Phi) is 5.38. The number of pyridine rings is 1. The van der Waals surface area contributed by atoms with Crippen molar-refractivity contribution < 1.29 is 19.2 Å². The molecule has 1 saturated heterocycles. The van der Waals surface area contributed by atoms with Gasteiger partial charge >= 0.3 is 7.12 Å². The second-order valence-corrected chi connectivity index (χ2v) is 5.88. The summed E-state index contributed by atoms with van der Waals surface area (Å²) >= 11 is 0. The van der Waals surface area contributed by atoms with Crippen LogP contribution in [-0.4, -0.2) is 37.4 Å². The lowest BCUT2D eigenvalue weighted by molar-refractivity contribution is 0.291. The molecule has 24 heavy (non-hydrogen) atoms. The molecular formula is C18H22BNO4. The molecule has 6 heteroatoms. The summed E-state index contributed by atoms with van der Waals surface area (Å²) in [6.45, 7) is 3.22. The zero-order valence-corrected chi connectivity index (χ0v) is 14.1. The Balaban J connectivity index is 1.88. The van der Waals surface area contributed by atoms with E-state index in [0.717, 1.165) is 34.9 Å². The van der Waals surface area contributed by atoms with Crippen molar-refractivity contribution >= 4 is 7.12 Å². The summed E-state index contributed by atoms with van der Waals surface area (Å²) in [4.78, 5) is 4.75. The molecule has 0 spiro atoms. The van der Waals surface area contributed by atoms with E-state index in [1.165, 1.54) is 0 Å². The molecule has 126 valence electrons. The Hall–Kier alpha value is -2.05. The number of methoxy groups -OCH3 is 1. The average molecular weight is 327 g/mol. The average Bonchev–Trinajstić information content (AvgIpc) is 3.06. The van der Waals surface area contributed by atoms with Crippen molar-refractivity contribution in [3.8, 4) is 22.8 Å². The van der Waals surface area contributed by atoms with Gasteiger partial charge in [0.1, 0.15) is 0 Å². The van der Waals surface area contributed by atoms with E-state index in [1.54, 1.807) is 7.11 Å². The zero-order valence-electron chi connectivity index (χ0n) is 14.1. The highest BCUT2D eigenvalue weighted by Crippen LogP contribution is 2.33. The molecule has 0 radical (unpaired) electrons. The van der Waals surface area contributed by atoms with E-state index < -0.39 is 7.12 Å². The maximum absolute atomic E-state index is 9.54. The largest absolute Gasteiger partial charge is 0.493 e. The van der Waals surface area contributed by atoms with E-state index in [9.17, 15) is 5.02 Å². The van der Waals surface area contributed by atoms with Gasteiger partial charge < -0.3 is 19.2 Å². The van der Waals surface area contributed by atoms with E-state index in [4.69, 9.17) is 19.1 Å². The number of rotatable bonds is 6. The molecule has 1 unspecified atom stereocenters. The molecule has 5 nitrogen and oxygen atoms in total. The highest BCUT2D eigenvalue weighted by atomic mass is 16.5. The summed E-state index contributed by atoms with van der Waals surface area (Å²) in [6.07, 6.45) is 1.52. The summed E-state index contributed by atoms with van der Waals surface area (Å²) in [7, 11) is 0.952. The molecular weight excluding hydrogens is 305 g/mol. The van der Waals surface area contributed by atoms with Crippen molar-refractivity contribution in [1.82, 2.24) is 4.98 Å². The second kappa shape index (κ2) is 7.68. The van der Waals surface area contributed by atoms with Gasteiger partial charge in [-0.05, 0) is 43.1 Å². The zero-order chi connectivity index (χ0) is 16.9. The SMILES string of the molecule is CCCOc1cc(-c2cccc(C3COB(O)C3)n2)ccc1OC. The van der Waals surface area contributed by atoms with Crippen molar-refractivity contribution in [2.24, 2.45) is 0 Å². The standard InChI is InChI=1S/C18H22BNO4/c1-3-9-23-18-10-13(7-8-17(18)22-2)15-5-4-6-16(20-15)14-11-19(21)24-12-14/h4-8,10,14,21H,3,9,11-12H2,1-2H3. The van der Waals surface area contributed by atoms with Gasteiger partial charge in [-0.25, -0.2) is 0 Å². The number of ether oxygens (including phenoxy) is 2. The minimum absolute atomic E-state index is 0.133. The summed E-state index contributed by atoms with van der Waals surface area (Å²) < 4.78 is 16.4. The summed E-state index contributed by atoms with van der Waals surface area (Å²) in [5, 5.41) is 9.54. The Bertz CT molecular complexity index is 694. The summed E-state index contributed by atoms with van der Waals surface area (Å²) in [5.41, 5.74) is 2.79. The van der Waals surface area contributed by atoms with Crippen LogP contribution >= 0.6 is 0 Å². The topological polar surface area (TPSA) is 60.8 Å². The third-order valence-electron chi connectivity index (χ3n) is 4.09. The van der Waals surface area contributed by atoms with E-state index in [-0.39, 0.29) is 5.92 Å². The van der Waals surface area contributed by atoms with Crippen molar-refractivity contribution in [2.45, 2.75) is 25.6 Å². The first-order valence-corrected chi connectivity index (χ1v) is 8.29. The normalized spacial score (nSPS) is 17.1. The van der Waals surface area contributed by atoms with Gasteiger partial charge in [0.25, 0.3) is 0 Å². The van der Waals surface area contributed by atoms with Crippen LogP contribution in [0.1, 0.15) is 25.0 Å². The van der Waals surface area contributed by atoms with E-state index >= 15 is 0 Å². The highest BCUT2D eigenvalue weighted by Gasteiger charge is 2.30. The molecule has 1 aromatic heterocycles. The second-order valence-electron chi connectivity index (χ2n) is 5.88. The molecule has 1 fully saturated rings. The predicted octanol–water partition coefficient (Wildman–Crippen LogP) is 3.14. The van der Waals surface area contributed by atoms with Crippen LogP contribution in [0.5, 0.6) is 11.5 Å². The van der Waals surface area contributed by atoms with Gasteiger partial charge in [-0.15, -0.1) is 0 Å². The van der Waals surface area contributed by atoms with Gasteiger partial charge in [-0.3, -0.25) is 4.98 Å². The molecule has 1 N–H and O–H groups in total. The van der Waals surface area contributed by atoms with Crippen LogP contribution in [-0.2, 0) is 4.65 Å². The molecule has 0 aliphatic carbocycles. The fourth-order valence-electron chi connectivity index (χ4n) is 2.81. The predicted molar refractivity (Wildman–Crippen MR) is 93.5 cm³/mol. The maximum atomic E-state index is 9.54. The number of aromatic nitrogens is 1. The molecule has 3 rings (SSSR count). The van der Waals surface area contributed by atoms with Crippen molar-refractivity contribution in [1.29, 1.82) is 0 Å². The lowest BCUT2D eigenvalue weighted by Gasteiger charge is -2.13. The molecule has 1 aromatic carbocycles. The molecule has 2 heterocycles. The van der Waals surface area contributed by atoms with E-state index in [2.05, 4.69) is 6.92 Å². The lowest BCUT2D eigenvalue weighted by atomic mass is 9.81. The van der Waals surface area contributed by atoms with Gasteiger partial charge in [-0.1, -0.05) is 13.0 Å². The molecule has 0 saturated carbocycles. The summed E-state index contributed by atoms with van der Waals surface area (Å²) in [5.74, 6) is 1.58. The van der Waals surface area contributed by atoms with Crippen LogP contribution in [0.3, 0.4) is 0 Å². The third kappa shape index (κ3) is 3.71. The Morgan fingerprint density at radius 3 is 2.88 bits per heavy atom. The number of hydrogen-bond donors (Lipinski definition) is 1. The Labute approximate surface area is 142 Å². The van der Waals surface area contributed by atoms with Gasteiger partial charge in [0, 0.05) is 23.8 Å². The van der Waals surface area contributed by atoms with Crippen molar-refractivity contribution in [3.63, 3.8) is 0 Å². The van der Waals surface area contributed by atoms with Crippen LogP contribution in [0.15, 0.2) is 36.4 Å². The number of nitrogens with zero attached hydrogens (tertiary/aromatic N) is 1. The van der Waals surface area contributed by atoms with Crippen LogP contribution in [0.25, 0.3) is 11.3 Å². The maximum Gasteiger partial charge on any atom is 0.454 e. The van der Waals surface area contributed by atoms with Gasteiger partial charge in [0.2, 0.25) is 0 Å². The van der Waals surface area contributed by atoms with Gasteiger partial charge in [0.15, 0.2) is 11.5 Å². The van der Waals surface area contributed by atoms with E-state index in [1.807, 2.05) is 36.4 Å². The Morgan fingerprint density at radius 2 is 2.17 bits per heavy atom. The lowest BCUT2D eigenvalue weighted by Crippen LogP contribution is -2.08.